The van der Waals surface area contributed by atoms with Gasteiger partial charge in [0.15, 0.2) is 0 Å². The number of rotatable bonds is 6. The molecule has 1 aliphatic heterocycles. The quantitative estimate of drug-likeness (QED) is 0.836. The molecule has 1 atom stereocenters. The Morgan fingerprint density at radius 2 is 1.90 bits per heavy atom. The Hall–Kier alpha value is -1.11. The lowest BCUT2D eigenvalue weighted by Gasteiger charge is -2.15. The molecule has 21 heavy (non-hydrogen) atoms. The fraction of sp³-hybridized carbons (Fsp3) is 0.600. The van der Waals surface area contributed by atoms with E-state index in [1.807, 2.05) is 12.1 Å². The van der Waals surface area contributed by atoms with Crippen LogP contribution >= 0.6 is 0 Å². The first kappa shape index (κ1) is 14.8. The van der Waals surface area contributed by atoms with Crippen LogP contribution in [0, 0.1) is 5.92 Å². The molecule has 0 radical (unpaired) electrons. The standard InChI is InChI=1S/C15H23N3O2S/c1-16-21(19,20)15-6-2-13(3-7-15)17-10-12-8-9-18(11-12)14-4-5-14/h2-3,6-7,12,14,16-17H,4-5,8-11H2,1H3. The van der Waals surface area contributed by atoms with Crippen LogP contribution in [-0.4, -0.2) is 46.0 Å². The van der Waals surface area contributed by atoms with E-state index in [9.17, 15) is 8.42 Å². The summed E-state index contributed by atoms with van der Waals surface area (Å²) in [6.45, 7) is 3.39. The normalized spacial score (nSPS) is 23.4. The summed E-state index contributed by atoms with van der Waals surface area (Å²) in [5.74, 6) is 0.700. The summed E-state index contributed by atoms with van der Waals surface area (Å²) in [6, 6.07) is 7.80. The number of nitrogens with zero attached hydrogens (tertiary/aromatic N) is 1. The molecular formula is C15H23N3O2S. The van der Waals surface area contributed by atoms with Gasteiger partial charge in [0.2, 0.25) is 10.0 Å². The maximum absolute atomic E-state index is 11.6. The molecule has 6 heteroatoms. The van der Waals surface area contributed by atoms with Crippen LogP contribution in [0.1, 0.15) is 19.3 Å². The van der Waals surface area contributed by atoms with Crippen LogP contribution in [0.3, 0.4) is 0 Å². The van der Waals surface area contributed by atoms with E-state index in [4.69, 9.17) is 0 Å². The summed E-state index contributed by atoms with van der Waals surface area (Å²) in [6.07, 6.45) is 4.01. The zero-order valence-corrected chi connectivity index (χ0v) is 13.2. The zero-order valence-electron chi connectivity index (χ0n) is 12.4. The first-order valence-corrected chi connectivity index (χ1v) is 9.08. The van der Waals surface area contributed by atoms with Crippen LogP contribution in [0.5, 0.6) is 0 Å². The van der Waals surface area contributed by atoms with Crippen molar-refractivity contribution in [3.05, 3.63) is 24.3 Å². The summed E-state index contributed by atoms with van der Waals surface area (Å²) in [5, 5.41) is 3.42. The van der Waals surface area contributed by atoms with Crippen LogP contribution < -0.4 is 10.0 Å². The fourth-order valence-corrected chi connectivity index (χ4v) is 3.66. The molecule has 2 aliphatic rings. The smallest absolute Gasteiger partial charge is 0.240 e. The summed E-state index contributed by atoms with van der Waals surface area (Å²) in [4.78, 5) is 2.91. The molecule has 1 unspecified atom stereocenters. The van der Waals surface area contributed by atoms with Gasteiger partial charge in [-0.15, -0.1) is 0 Å². The molecule has 1 aliphatic carbocycles. The van der Waals surface area contributed by atoms with Crippen molar-refractivity contribution in [2.45, 2.75) is 30.2 Å². The molecule has 116 valence electrons. The lowest BCUT2D eigenvalue weighted by molar-refractivity contribution is 0.316. The third-order valence-electron chi connectivity index (χ3n) is 4.41. The third kappa shape index (κ3) is 3.56. The average Bonchev–Trinajstić information content (AvgIpc) is 3.24. The zero-order chi connectivity index (χ0) is 14.9. The van der Waals surface area contributed by atoms with Gasteiger partial charge in [-0.25, -0.2) is 13.1 Å². The highest BCUT2D eigenvalue weighted by Crippen LogP contribution is 2.31. The van der Waals surface area contributed by atoms with E-state index in [0.29, 0.717) is 10.8 Å². The van der Waals surface area contributed by atoms with Crippen LogP contribution in [0.2, 0.25) is 0 Å². The number of sulfonamides is 1. The maximum Gasteiger partial charge on any atom is 0.240 e. The SMILES string of the molecule is CNS(=O)(=O)c1ccc(NCC2CCN(C3CC3)C2)cc1. The van der Waals surface area contributed by atoms with Gasteiger partial charge in [0.1, 0.15) is 0 Å². The Balaban J connectivity index is 1.51. The Kier molecular flexibility index (Phi) is 4.19. The van der Waals surface area contributed by atoms with Gasteiger partial charge in [0.25, 0.3) is 0 Å². The highest BCUT2D eigenvalue weighted by Gasteiger charge is 2.34. The van der Waals surface area contributed by atoms with Gasteiger partial charge < -0.3 is 10.2 Å². The topological polar surface area (TPSA) is 61.4 Å². The highest BCUT2D eigenvalue weighted by atomic mass is 32.2. The molecular weight excluding hydrogens is 286 g/mol. The van der Waals surface area contributed by atoms with Gasteiger partial charge >= 0.3 is 0 Å². The van der Waals surface area contributed by atoms with Crippen LogP contribution in [0.25, 0.3) is 0 Å². The summed E-state index contributed by atoms with van der Waals surface area (Å²) in [7, 11) is -1.92. The lowest BCUT2D eigenvalue weighted by atomic mass is 10.1. The predicted octanol–water partition coefficient (Wildman–Crippen LogP) is 1.49. The summed E-state index contributed by atoms with van der Waals surface area (Å²) >= 11 is 0. The van der Waals surface area contributed by atoms with Gasteiger partial charge in [0, 0.05) is 24.8 Å². The monoisotopic (exact) mass is 309 g/mol. The molecule has 2 fully saturated rings. The Morgan fingerprint density at radius 1 is 1.19 bits per heavy atom. The van der Waals surface area contributed by atoms with Crippen LogP contribution in [-0.2, 0) is 10.0 Å². The van der Waals surface area contributed by atoms with Crippen LogP contribution in [0.4, 0.5) is 5.69 Å². The largest absolute Gasteiger partial charge is 0.385 e. The minimum absolute atomic E-state index is 0.302. The van der Waals surface area contributed by atoms with E-state index in [1.54, 1.807) is 12.1 Å². The van der Waals surface area contributed by atoms with E-state index >= 15 is 0 Å². The summed E-state index contributed by atoms with van der Waals surface area (Å²) in [5.41, 5.74) is 0.981. The van der Waals surface area contributed by atoms with Crippen molar-refractivity contribution < 1.29 is 8.42 Å². The second kappa shape index (κ2) is 5.94. The molecule has 1 saturated carbocycles. The van der Waals surface area contributed by atoms with Crippen molar-refractivity contribution in [3.63, 3.8) is 0 Å². The van der Waals surface area contributed by atoms with Crippen molar-refractivity contribution in [2.24, 2.45) is 5.92 Å². The van der Waals surface area contributed by atoms with Gasteiger partial charge in [0.05, 0.1) is 4.90 Å². The number of likely N-dealkylation sites (tertiary alicyclic amines) is 1. The second-order valence-electron chi connectivity index (χ2n) is 5.99. The van der Waals surface area contributed by atoms with E-state index in [1.165, 1.54) is 39.4 Å². The lowest BCUT2D eigenvalue weighted by Crippen LogP contribution is -2.24. The molecule has 1 aromatic rings. The minimum atomic E-state index is -3.34. The number of hydrogen-bond acceptors (Lipinski definition) is 4. The van der Waals surface area contributed by atoms with Crippen molar-refractivity contribution in [1.82, 2.24) is 9.62 Å². The predicted molar refractivity (Wildman–Crippen MR) is 83.9 cm³/mol. The number of nitrogens with one attached hydrogen (secondary N) is 2. The van der Waals surface area contributed by atoms with E-state index in [2.05, 4.69) is 14.9 Å². The minimum Gasteiger partial charge on any atom is -0.385 e. The Bertz CT molecular complexity index is 581. The molecule has 5 nitrogen and oxygen atoms in total. The fourth-order valence-electron chi connectivity index (χ4n) is 2.93. The first-order valence-electron chi connectivity index (χ1n) is 7.60. The van der Waals surface area contributed by atoms with E-state index in [-0.39, 0.29) is 0 Å². The molecule has 0 amide bonds. The molecule has 0 spiro atoms. The van der Waals surface area contributed by atoms with Gasteiger partial charge in [-0.05, 0) is 63.0 Å². The second-order valence-corrected chi connectivity index (χ2v) is 7.88. The molecule has 0 bridgehead atoms. The van der Waals surface area contributed by atoms with E-state index in [0.717, 1.165) is 18.3 Å². The molecule has 3 rings (SSSR count). The molecule has 0 aromatic heterocycles. The van der Waals surface area contributed by atoms with Crippen molar-refractivity contribution in [1.29, 1.82) is 0 Å². The molecule has 1 saturated heterocycles. The van der Waals surface area contributed by atoms with Crippen molar-refractivity contribution in [2.75, 3.05) is 32.0 Å². The third-order valence-corrected chi connectivity index (χ3v) is 5.84. The number of benzene rings is 1. The van der Waals surface area contributed by atoms with Gasteiger partial charge in [-0.2, -0.15) is 0 Å². The number of hydrogen-bond donors (Lipinski definition) is 2. The van der Waals surface area contributed by atoms with Gasteiger partial charge in [-0.1, -0.05) is 0 Å². The molecule has 2 N–H and O–H groups in total. The average molecular weight is 309 g/mol. The number of anilines is 1. The molecule has 1 heterocycles. The van der Waals surface area contributed by atoms with Crippen molar-refractivity contribution in [3.8, 4) is 0 Å². The Labute approximate surface area is 126 Å². The summed E-state index contributed by atoms with van der Waals surface area (Å²) < 4.78 is 25.6. The Morgan fingerprint density at radius 3 is 2.52 bits per heavy atom. The van der Waals surface area contributed by atoms with Crippen LogP contribution in [0.15, 0.2) is 29.2 Å². The van der Waals surface area contributed by atoms with Crippen molar-refractivity contribution >= 4 is 15.7 Å². The maximum atomic E-state index is 11.6. The van der Waals surface area contributed by atoms with E-state index < -0.39 is 10.0 Å². The highest BCUT2D eigenvalue weighted by molar-refractivity contribution is 7.89. The van der Waals surface area contributed by atoms with Gasteiger partial charge in [-0.3, -0.25) is 0 Å². The molecule has 1 aromatic carbocycles. The first-order chi connectivity index (χ1) is 10.1.